The van der Waals surface area contributed by atoms with Crippen molar-refractivity contribution in [1.82, 2.24) is 5.32 Å². The van der Waals surface area contributed by atoms with Gasteiger partial charge in [-0.2, -0.15) is 0 Å². The number of para-hydroxylation sites is 1. The predicted octanol–water partition coefficient (Wildman–Crippen LogP) is 4.17. The van der Waals surface area contributed by atoms with Crippen LogP contribution in [0.1, 0.15) is 27.0 Å². The van der Waals surface area contributed by atoms with Crippen LogP contribution in [0, 0.1) is 19.7 Å². The summed E-state index contributed by atoms with van der Waals surface area (Å²) in [4.78, 5) is 12.5. The van der Waals surface area contributed by atoms with Crippen molar-refractivity contribution in [3.05, 3.63) is 94.8 Å². The molecule has 0 spiro atoms. The fourth-order valence-electron chi connectivity index (χ4n) is 2.80. The number of carbonyl (C=O) groups is 1. The summed E-state index contributed by atoms with van der Waals surface area (Å²) >= 11 is 0. The Bertz CT molecular complexity index is 1140. The maximum absolute atomic E-state index is 13.0. The third-order valence-electron chi connectivity index (χ3n) is 4.50. The summed E-state index contributed by atoms with van der Waals surface area (Å²) in [5.74, 6) is -0.767. The van der Waals surface area contributed by atoms with Crippen LogP contribution >= 0.6 is 0 Å². The molecule has 0 radical (unpaired) electrons. The number of hydrogen-bond donors (Lipinski definition) is 2. The highest BCUT2D eigenvalue weighted by Gasteiger charge is 2.20. The first-order chi connectivity index (χ1) is 13.8. The Kier molecular flexibility index (Phi) is 5.98. The molecule has 0 fully saturated rings. The summed E-state index contributed by atoms with van der Waals surface area (Å²) < 4.78 is 41.3. The number of halogens is 1. The van der Waals surface area contributed by atoms with Gasteiger partial charge in [0.2, 0.25) is 0 Å². The Labute approximate surface area is 169 Å². The van der Waals surface area contributed by atoms with E-state index in [0.29, 0.717) is 11.3 Å². The number of rotatable bonds is 6. The van der Waals surface area contributed by atoms with Gasteiger partial charge in [-0.1, -0.05) is 36.4 Å². The molecule has 3 rings (SSSR count). The second kappa shape index (κ2) is 8.45. The van der Waals surface area contributed by atoms with Gasteiger partial charge in [-0.05, 0) is 60.9 Å². The Morgan fingerprint density at radius 1 is 0.931 bits per heavy atom. The number of benzene rings is 3. The average Bonchev–Trinajstić information content (AvgIpc) is 2.69. The van der Waals surface area contributed by atoms with E-state index >= 15 is 0 Å². The maximum Gasteiger partial charge on any atom is 0.262 e. The highest BCUT2D eigenvalue weighted by Crippen LogP contribution is 2.22. The minimum Gasteiger partial charge on any atom is -0.348 e. The minimum atomic E-state index is -3.87. The van der Waals surface area contributed by atoms with Crippen LogP contribution in [0.3, 0.4) is 0 Å². The first-order valence-corrected chi connectivity index (χ1v) is 10.5. The lowest BCUT2D eigenvalue weighted by atomic mass is 10.1. The monoisotopic (exact) mass is 412 g/mol. The zero-order valence-electron chi connectivity index (χ0n) is 16.1. The molecule has 0 aliphatic rings. The van der Waals surface area contributed by atoms with E-state index < -0.39 is 15.9 Å². The zero-order chi connectivity index (χ0) is 21.0. The molecule has 29 heavy (non-hydrogen) atoms. The number of carbonyl (C=O) groups excluding carboxylic acids is 1. The molecule has 0 aromatic heterocycles. The van der Waals surface area contributed by atoms with Gasteiger partial charge in [0.05, 0.1) is 10.6 Å². The fraction of sp³-hybridized carbons (Fsp3) is 0.136. The standard InChI is InChI=1S/C22H21FN2O3S/c1-15-5-3-4-6-20(15)25-29(27,28)21-13-18(10-7-16(21)2)22(26)24-14-17-8-11-19(23)12-9-17/h3-13,25H,14H2,1-2H3,(H,24,26). The molecule has 0 saturated heterocycles. The van der Waals surface area contributed by atoms with Crippen LogP contribution in [-0.2, 0) is 16.6 Å². The predicted molar refractivity (Wildman–Crippen MR) is 111 cm³/mol. The largest absolute Gasteiger partial charge is 0.348 e. The number of hydrogen-bond acceptors (Lipinski definition) is 3. The van der Waals surface area contributed by atoms with Crippen LogP contribution < -0.4 is 10.0 Å². The third-order valence-corrected chi connectivity index (χ3v) is 6.00. The normalized spacial score (nSPS) is 11.1. The van der Waals surface area contributed by atoms with Gasteiger partial charge in [-0.25, -0.2) is 12.8 Å². The van der Waals surface area contributed by atoms with Gasteiger partial charge in [0.15, 0.2) is 0 Å². The number of sulfonamides is 1. The molecule has 0 aliphatic heterocycles. The first kappa shape index (κ1) is 20.5. The fourth-order valence-corrected chi connectivity index (χ4v) is 4.21. The summed E-state index contributed by atoms with van der Waals surface area (Å²) in [5.41, 5.74) is 2.77. The van der Waals surface area contributed by atoms with Gasteiger partial charge >= 0.3 is 0 Å². The highest BCUT2D eigenvalue weighted by atomic mass is 32.2. The summed E-state index contributed by atoms with van der Waals surface area (Å²) in [6, 6.07) is 17.4. The molecule has 7 heteroatoms. The Balaban J connectivity index is 1.80. The van der Waals surface area contributed by atoms with E-state index in [4.69, 9.17) is 0 Å². The average molecular weight is 412 g/mol. The van der Waals surface area contributed by atoms with Crippen molar-refractivity contribution >= 4 is 21.6 Å². The summed E-state index contributed by atoms with van der Waals surface area (Å²) in [6.07, 6.45) is 0. The lowest BCUT2D eigenvalue weighted by molar-refractivity contribution is 0.0950. The van der Waals surface area contributed by atoms with Crippen molar-refractivity contribution in [2.45, 2.75) is 25.3 Å². The number of anilines is 1. The van der Waals surface area contributed by atoms with Gasteiger partial charge in [0.1, 0.15) is 5.82 Å². The summed E-state index contributed by atoms with van der Waals surface area (Å²) in [5, 5.41) is 2.72. The minimum absolute atomic E-state index is 0.0372. The van der Waals surface area contributed by atoms with Crippen molar-refractivity contribution in [1.29, 1.82) is 0 Å². The smallest absolute Gasteiger partial charge is 0.262 e. The third kappa shape index (κ3) is 5.00. The molecular weight excluding hydrogens is 391 g/mol. The van der Waals surface area contributed by atoms with Gasteiger partial charge in [0.25, 0.3) is 15.9 Å². The summed E-state index contributed by atoms with van der Waals surface area (Å²) in [6.45, 7) is 3.69. The lowest BCUT2D eigenvalue weighted by Crippen LogP contribution is -2.23. The van der Waals surface area contributed by atoms with Crippen molar-refractivity contribution in [2.75, 3.05) is 4.72 Å². The second-order valence-electron chi connectivity index (χ2n) is 6.71. The molecule has 0 aliphatic carbocycles. The molecule has 0 saturated carbocycles. The lowest BCUT2D eigenvalue weighted by Gasteiger charge is -2.13. The molecule has 2 N–H and O–H groups in total. The molecule has 0 unspecified atom stereocenters. The molecule has 0 bridgehead atoms. The number of aryl methyl sites for hydroxylation is 2. The Morgan fingerprint density at radius 2 is 1.62 bits per heavy atom. The van der Waals surface area contributed by atoms with E-state index in [2.05, 4.69) is 10.0 Å². The quantitative estimate of drug-likeness (QED) is 0.638. The number of amides is 1. The maximum atomic E-state index is 13.0. The van der Waals surface area contributed by atoms with E-state index in [0.717, 1.165) is 11.1 Å². The van der Waals surface area contributed by atoms with E-state index in [1.807, 2.05) is 19.1 Å². The highest BCUT2D eigenvalue weighted by molar-refractivity contribution is 7.92. The number of nitrogens with one attached hydrogen (secondary N) is 2. The van der Waals surface area contributed by atoms with Gasteiger partial charge in [0, 0.05) is 12.1 Å². The van der Waals surface area contributed by atoms with E-state index in [-0.39, 0.29) is 22.8 Å². The van der Waals surface area contributed by atoms with Crippen molar-refractivity contribution in [2.24, 2.45) is 0 Å². The molecular formula is C22H21FN2O3S. The van der Waals surface area contributed by atoms with Crippen molar-refractivity contribution in [3.8, 4) is 0 Å². The summed E-state index contributed by atoms with van der Waals surface area (Å²) in [7, 11) is -3.87. The van der Waals surface area contributed by atoms with Crippen LogP contribution in [0.5, 0.6) is 0 Å². The van der Waals surface area contributed by atoms with E-state index in [9.17, 15) is 17.6 Å². The molecule has 0 heterocycles. The second-order valence-corrected chi connectivity index (χ2v) is 8.36. The van der Waals surface area contributed by atoms with Crippen LogP contribution in [0.4, 0.5) is 10.1 Å². The zero-order valence-corrected chi connectivity index (χ0v) is 16.9. The molecule has 150 valence electrons. The molecule has 3 aromatic rings. The van der Waals surface area contributed by atoms with Gasteiger partial charge in [-0.3, -0.25) is 9.52 Å². The van der Waals surface area contributed by atoms with Crippen molar-refractivity contribution in [3.63, 3.8) is 0 Å². The van der Waals surface area contributed by atoms with Crippen LogP contribution in [0.15, 0.2) is 71.6 Å². The van der Waals surface area contributed by atoms with Crippen molar-refractivity contribution < 1.29 is 17.6 Å². The Hall–Kier alpha value is -3.19. The molecule has 5 nitrogen and oxygen atoms in total. The van der Waals surface area contributed by atoms with E-state index in [1.165, 1.54) is 18.2 Å². The first-order valence-electron chi connectivity index (χ1n) is 8.98. The molecule has 1 amide bonds. The van der Waals surface area contributed by atoms with Crippen LogP contribution in [0.25, 0.3) is 0 Å². The van der Waals surface area contributed by atoms with E-state index in [1.54, 1.807) is 43.3 Å². The molecule has 0 atom stereocenters. The van der Waals surface area contributed by atoms with Crippen LogP contribution in [-0.4, -0.2) is 14.3 Å². The van der Waals surface area contributed by atoms with Gasteiger partial charge < -0.3 is 5.32 Å². The Morgan fingerprint density at radius 3 is 2.31 bits per heavy atom. The van der Waals surface area contributed by atoms with Gasteiger partial charge in [-0.15, -0.1) is 0 Å². The SMILES string of the molecule is Cc1ccccc1NS(=O)(=O)c1cc(C(=O)NCc2ccc(F)cc2)ccc1C. The van der Waals surface area contributed by atoms with Crippen LogP contribution in [0.2, 0.25) is 0 Å². The topological polar surface area (TPSA) is 75.3 Å². The molecule has 3 aromatic carbocycles.